The predicted molar refractivity (Wildman–Crippen MR) is 62.8 cm³/mol. The third-order valence-electron chi connectivity index (χ3n) is 2.31. The zero-order valence-corrected chi connectivity index (χ0v) is 10.1. The van der Waals surface area contributed by atoms with Gasteiger partial charge in [-0.3, -0.25) is 0 Å². The lowest BCUT2D eigenvalue weighted by atomic mass is 10.0. The molecule has 0 saturated carbocycles. The van der Waals surface area contributed by atoms with Gasteiger partial charge in [0.05, 0.1) is 13.2 Å². The standard InChI is InChI=1S/C12H17ClO2/c1-4-9-6-11(13)7-10(5-8(2)14)12(9)15-3/h6-8,14H,4-5H2,1-3H3. The molecular weight excluding hydrogens is 212 g/mol. The van der Waals surface area contributed by atoms with Crippen LogP contribution in [0.1, 0.15) is 25.0 Å². The zero-order valence-electron chi connectivity index (χ0n) is 9.38. The van der Waals surface area contributed by atoms with Crippen LogP contribution in [-0.2, 0) is 12.8 Å². The van der Waals surface area contributed by atoms with Gasteiger partial charge < -0.3 is 9.84 Å². The van der Waals surface area contributed by atoms with E-state index in [0.717, 1.165) is 23.3 Å². The van der Waals surface area contributed by atoms with Gasteiger partial charge >= 0.3 is 0 Å². The van der Waals surface area contributed by atoms with Crippen molar-refractivity contribution in [2.24, 2.45) is 0 Å². The maximum Gasteiger partial charge on any atom is 0.125 e. The van der Waals surface area contributed by atoms with Crippen molar-refractivity contribution in [2.45, 2.75) is 32.8 Å². The molecule has 1 N–H and O–H groups in total. The van der Waals surface area contributed by atoms with Gasteiger partial charge in [0, 0.05) is 11.4 Å². The first-order chi connectivity index (χ1) is 7.08. The van der Waals surface area contributed by atoms with E-state index < -0.39 is 0 Å². The van der Waals surface area contributed by atoms with Gasteiger partial charge in [0.1, 0.15) is 5.75 Å². The average Bonchev–Trinajstić information content (AvgIpc) is 2.15. The largest absolute Gasteiger partial charge is 0.496 e. The molecule has 0 radical (unpaired) electrons. The summed E-state index contributed by atoms with van der Waals surface area (Å²) in [6.45, 7) is 3.81. The van der Waals surface area contributed by atoms with Crippen LogP contribution in [0.2, 0.25) is 5.02 Å². The SMILES string of the molecule is CCc1cc(Cl)cc(CC(C)O)c1OC. The number of aliphatic hydroxyl groups is 1. The van der Waals surface area contributed by atoms with E-state index >= 15 is 0 Å². The topological polar surface area (TPSA) is 29.5 Å². The second-order valence-electron chi connectivity index (χ2n) is 3.66. The van der Waals surface area contributed by atoms with Crippen molar-refractivity contribution < 1.29 is 9.84 Å². The molecule has 0 fully saturated rings. The molecule has 0 aliphatic carbocycles. The molecule has 0 aromatic heterocycles. The Morgan fingerprint density at radius 1 is 1.40 bits per heavy atom. The fourth-order valence-corrected chi connectivity index (χ4v) is 1.97. The summed E-state index contributed by atoms with van der Waals surface area (Å²) in [5, 5.41) is 10.1. The van der Waals surface area contributed by atoms with Crippen LogP contribution in [0.4, 0.5) is 0 Å². The van der Waals surface area contributed by atoms with Gasteiger partial charge in [-0.25, -0.2) is 0 Å². The Bertz CT molecular complexity index is 335. The van der Waals surface area contributed by atoms with Gasteiger partial charge in [0.15, 0.2) is 0 Å². The van der Waals surface area contributed by atoms with E-state index in [1.807, 2.05) is 12.1 Å². The lowest BCUT2D eigenvalue weighted by molar-refractivity contribution is 0.194. The molecule has 1 aromatic rings. The van der Waals surface area contributed by atoms with Crippen LogP contribution >= 0.6 is 11.6 Å². The highest BCUT2D eigenvalue weighted by molar-refractivity contribution is 6.30. The fourth-order valence-electron chi connectivity index (χ4n) is 1.71. The van der Waals surface area contributed by atoms with Gasteiger partial charge in [-0.1, -0.05) is 18.5 Å². The third-order valence-corrected chi connectivity index (χ3v) is 2.53. The number of benzene rings is 1. The number of aryl methyl sites for hydroxylation is 1. The van der Waals surface area contributed by atoms with E-state index in [4.69, 9.17) is 16.3 Å². The predicted octanol–water partition coefficient (Wildman–Crippen LogP) is 2.83. The molecule has 0 aliphatic rings. The average molecular weight is 229 g/mol. The molecule has 0 amide bonds. The van der Waals surface area contributed by atoms with Gasteiger partial charge in [-0.05, 0) is 36.6 Å². The molecule has 1 rings (SSSR count). The highest BCUT2D eigenvalue weighted by Gasteiger charge is 2.11. The highest BCUT2D eigenvalue weighted by Crippen LogP contribution is 2.29. The molecule has 84 valence electrons. The van der Waals surface area contributed by atoms with Crippen molar-refractivity contribution in [3.63, 3.8) is 0 Å². The molecule has 0 aliphatic heterocycles. The normalized spacial score (nSPS) is 12.6. The molecular formula is C12H17ClO2. The molecule has 1 atom stereocenters. The lowest BCUT2D eigenvalue weighted by Gasteiger charge is -2.14. The summed E-state index contributed by atoms with van der Waals surface area (Å²) < 4.78 is 5.35. The van der Waals surface area contributed by atoms with Crippen molar-refractivity contribution in [1.82, 2.24) is 0 Å². The summed E-state index contributed by atoms with van der Waals surface area (Å²) in [5.74, 6) is 0.850. The van der Waals surface area contributed by atoms with Crippen molar-refractivity contribution in [1.29, 1.82) is 0 Å². The van der Waals surface area contributed by atoms with E-state index in [2.05, 4.69) is 6.92 Å². The molecule has 1 unspecified atom stereocenters. The minimum Gasteiger partial charge on any atom is -0.496 e. The first kappa shape index (κ1) is 12.3. The Balaban J connectivity index is 3.16. The molecule has 0 heterocycles. The van der Waals surface area contributed by atoms with E-state index in [9.17, 15) is 5.11 Å². The molecule has 0 bridgehead atoms. The van der Waals surface area contributed by atoms with Crippen LogP contribution < -0.4 is 4.74 Å². The molecule has 0 saturated heterocycles. The summed E-state index contributed by atoms with van der Waals surface area (Å²) in [6, 6.07) is 3.76. The molecule has 2 nitrogen and oxygen atoms in total. The maximum absolute atomic E-state index is 9.38. The van der Waals surface area contributed by atoms with E-state index in [1.165, 1.54) is 0 Å². The van der Waals surface area contributed by atoms with E-state index in [1.54, 1.807) is 14.0 Å². The number of hydrogen-bond acceptors (Lipinski definition) is 2. The molecule has 0 spiro atoms. The van der Waals surface area contributed by atoms with Crippen LogP contribution in [0.3, 0.4) is 0 Å². The number of methoxy groups -OCH3 is 1. The quantitative estimate of drug-likeness (QED) is 0.859. The second kappa shape index (κ2) is 5.38. The van der Waals surface area contributed by atoms with Crippen LogP contribution in [0.25, 0.3) is 0 Å². The summed E-state index contributed by atoms with van der Waals surface area (Å²) in [4.78, 5) is 0. The molecule has 3 heteroatoms. The summed E-state index contributed by atoms with van der Waals surface area (Å²) in [6.07, 6.45) is 1.05. The zero-order chi connectivity index (χ0) is 11.4. The van der Waals surface area contributed by atoms with Crippen LogP contribution in [0, 0.1) is 0 Å². The highest BCUT2D eigenvalue weighted by atomic mass is 35.5. The number of rotatable bonds is 4. The fraction of sp³-hybridized carbons (Fsp3) is 0.500. The Kier molecular flexibility index (Phi) is 4.43. The van der Waals surface area contributed by atoms with E-state index in [0.29, 0.717) is 11.4 Å². The smallest absolute Gasteiger partial charge is 0.125 e. The number of halogens is 1. The Hall–Kier alpha value is -0.730. The molecule has 1 aromatic carbocycles. The van der Waals surface area contributed by atoms with Gasteiger partial charge in [-0.2, -0.15) is 0 Å². The number of ether oxygens (including phenoxy) is 1. The van der Waals surface area contributed by atoms with Crippen molar-refractivity contribution in [2.75, 3.05) is 7.11 Å². The van der Waals surface area contributed by atoms with Crippen molar-refractivity contribution >= 4 is 11.6 Å². The first-order valence-electron chi connectivity index (χ1n) is 5.11. The number of hydrogen-bond donors (Lipinski definition) is 1. The number of aliphatic hydroxyl groups excluding tert-OH is 1. The van der Waals surface area contributed by atoms with Gasteiger partial charge in [0.25, 0.3) is 0 Å². The van der Waals surface area contributed by atoms with Crippen LogP contribution in [0.5, 0.6) is 5.75 Å². The minimum absolute atomic E-state index is 0.387. The summed E-state index contributed by atoms with van der Waals surface area (Å²) in [5.41, 5.74) is 2.05. The van der Waals surface area contributed by atoms with Crippen molar-refractivity contribution in [3.8, 4) is 5.75 Å². The minimum atomic E-state index is -0.387. The Labute approximate surface area is 95.8 Å². The van der Waals surface area contributed by atoms with Crippen molar-refractivity contribution in [3.05, 3.63) is 28.3 Å². The van der Waals surface area contributed by atoms with E-state index in [-0.39, 0.29) is 6.10 Å². The summed E-state index contributed by atoms with van der Waals surface area (Å²) >= 11 is 6.00. The maximum atomic E-state index is 9.38. The monoisotopic (exact) mass is 228 g/mol. The van der Waals surface area contributed by atoms with Crippen LogP contribution in [0.15, 0.2) is 12.1 Å². The Morgan fingerprint density at radius 2 is 2.00 bits per heavy atom. The Morgan fingerprint density at radius 3 is 2.47 bits per heavy atom. The summed E-state index contributed by atoms with van der Waals surface area (Å²) in [7, 11) is 1.65. The lowest BCUT2D eigenvalue weighted by Crippen LogP contribution is -2.07. The third kappa shape index (κ3) is 3.11. The van der Waals surface area contributed by atoms with Crippen LogP contribution in [-0.4, -0.2) is 18.3 Å². The molecule has 15 heavy (non-hydrogen) atoms. The first-order valence-corrected chi connectivity index (χ1v) is 5.49. The van der Waals surface area contributed by atoms with Gasteiger partial charge in [-0.15, -0.1) is 0 Å². The van der Waals surface area contributed by atoms with Gasteiger partial charge in [0.2, 0.25) is 0 Å². The second-order valence-corrected chi connectivity index (χ2v) is 4.10.